The Kier molecular flexibility index (Phi) is 5.25. The Hall–Kier alpha value is -3.23. The number of aryl methyl sites for hydroxylation is 1. The second kappa shape index (κ2) is 7.36. The van der Waals surface area contributed by atoms with Gasteiger partial charge in [-0.25, -0.2) is 4.39 Å². The van der Waals surface area contributed by atoms with E-state index in [0.29, 0.717) is 12.2 Å². The first kappa shape index (κ1) is 17.1. The fourth-order valence-electron chi connectivity index (χ4n) is 2.02. The number of halogens is 1. The summed E-state index contributed by atoms with van der Waals surface area (Å²) in [6.45, 7) is 0.300. The van der Waals surface area contributed by atoms with Crippen LogP contribution in [-0.4, -0.2) is 22.0 Å². The number of carbonyl (C=O) groups excluding carboxylic acids is 1. The summed E-state index contributed by atoms with van der Waals surface area (Å²) in [5, 5.41) is 10.9. The number of rotatable bonds is 7. The first-order valence-electron chi connectivity index (χ1n) is 6.95. The number of benzene rings is 1. The number of amides is 1. The van der Waals surface area contributed by atoms with Crippen molar-refractivity contribution in [2.45, 2.75) is 13.0 Å². The van der Waals surface area contributed by atoms with Crippen molar-refractivity contribution < 1.29 is 18.8 Å². The van der Waals surface area contributed by atoms with E-state index in [0.717, 1.165) is 16.8 Å². The third kappa shape index (κ3) is 4.15. The zero-order valence-corrected chi connectivity index (χ0v) is 12.5. The number of ether oxygens (including phenoxy) is 1. The van der Waals surface area contributed by atoms with E-state index in [2.05, 4.69) is 0 Å². The molecule has 0 aliphatic heterocycles. The van der Waals surface area contributed by atoms with E-state index in [1.54, 1.807) is 0 Å². The van der Waals surface area contributed by atoms with E-state index in [4.69, 9.17) is 10.5 Å². The molecule has 0 aliphatic rings. The van der Waals surface area contributed by atoms with Crippen molar-refractivity contribution in [1.82, 2.24) is 4.57 Å². The Morgan fingerprint density at radius 1 is 1.33 bits per heavy atom. The van der Waals surface area contributed by atoms with Gasteiger partial charge in [0.15, 0.2) is 0 Å². The highest BCUT2D eigenvalue weighted by molar-refractivity contribution is 5.92. The van der Waals surface area contributed by atoms with Crippen LogP contribution in [0.5, 0.6) is 5.75 Å². The number of carbonyl (C=O) groups is 1. The molecule has 9 heteroatoms. The van der Waals surface area contributed by atoms with Crippen LogP contribution >= 0.6 is 0 Å². The van der Waals surface area contributed by atoms with Crippen LogP contribution in [0.4, 0.5) is 10.1 Å². The van der Waals surface area contributed by atoms with E-state index in [1.165, 1.54) is 24.3 Å². The van der Waals surface area contributed by atoms with E-state index >= 15 is 0 Å². The topological polar surface area (TPSA) is 117 Å². The third-order valence-corrected chi connectivity index (χ3v) is 3.17. The van der Waals surface area contributed by atoms with Crippen LogP contribution in [-0.2, 0) is 6.54 Å². The molecule has 0 saturated carbocycles. The van der Waals surface area contributed by atoms with Crippen molar-refractivity contribution in [3.8, 4) is 5.75 Å². The molecule has 0 saturated heterocycles. The molecular weight excluding hydrogens is 321 g/mol. The van der Waals surface area contributed by atoms with Gasteiger partial charge in [0.1, 0.15) is 17.1 Å². The zero-order chi connectivity index (χ0) is 17.7. The van der Waals surface area contributed by atoms with E-state index < -0.39 is 27.6 Å². The van der Waals surface area contributed by atoms with Gasteiger partial charge < -0.3 is 15.0 Å². The van der Waals surface area contributed by atoms with Gasteiger partial charge in [-0.05, 0) is 30.7 Å². The maximum Gasteiger partial charge on any atom is 0.286 e. The first-order valence-corrected chi connectivity index (χ1v) is 6.95. The summed E-state index contributed by atoms with van der Waals surface area (Å²) in [4.78, 5) is 33.4. The third-order valence-electron chi connectivity index (χ3n) is 3.17. The maximum absolute atomic E-state index is 12.8. The molecule has 24 heavy (non-hydrogen) atoms. The van der Waals surface area contributed by atoms with Gasteiger partial charge in [-0.15, -0.1) is 0 Å². The van der Waals surface area contributed by atoms with Gasteiger partial charge in [-0.3, -0.25) is 19.7 Å². The predicted molar refractivity (Wildman–Crippen MR) is 82.4 cm³/mol. The SMILES string of the molecule is NC(=O)c1cc([N+](=O)[O-])cn(CCCOc2ccc(F)cc2)c1=O. The minimum Gasteiger partial charge on any atom is -0.494 e. The molecule has 2 N–H and O–H groups in total. The summed E-state index contributed by atoms with van der Waals surface area (Å²) in [5.74, 6) is -0.954. The number of nitrogens with two attached hydrogens (primary N) is 1. The maximum atomic E-state index is 12.8. The van der Waals surface area contributed by atoms with Crippen LogP contribution in [0.2, 0.25) is 0 Å². The molecular formula is C15H14FN3O5. The predicted octanol–water partition coefficient (Wildman–Crippen LogP) is 1.46. The molecule has 1 heterocycles. The molecule has 0 aliphatic carbocycles. The highest BCUT2D eigenvalue weighted by Crippen LogP contribution is 2.12. The number of nitrogens with zero attached hydrogens (tertiary/aromatic N) is 2. The van der Waals surface area contributed by atoms with Gasteiger partial charge in [-0.2, -0.15) is 0 Å². The van der Waals surface area contributed by atoms with Crippen molar-refractivity contribution in [1.29, 1.82) is 0 Å². The quantitative estimate of drug-likeness (QED) is 0.467. The van der Waals surface area contributed by atoms with Crippen molar-refractivity contribution in [2.24, 2.45) is 5.73 Å². The largest absolute Gasteiger partial charge is 0.494 e. The Morgan fingerprint density at radius 3 is 2.58 bits per heavy atom. The Morgan fingerprint density at radius 2 is 2.00 bits per heavy atom. The van der Waals surface area contributed by atoms with E-state index in [1.807, 2.05) is 0 Å². The number of hydrogen-bond acceptors (Lipinski definition) is 5. The molecule has 1 aromatic carbocycles. The molecule has 0 atom stereocenters. The van der Waals surface area contributed by atoms with Gasteiger partial charge in [0.2, 0.25) is 0 Å². The Labute approximate surface area is 135 Å². The molecule has 0 spiro atoms. The van der Waals surface area contributed by atoms with Crippen LogP contribution in [0.1, 0.15) is 16.8 Å². The highest BCUT2D eigenvalue weighted by atomic mass is 19.1. The average Bonchev–Trinajstić information content (AvgIpc) is 2.54. The van der Waals surface area contributed by atoms with Crippen molar-refractivity contribution >= 4 is 11.6 Å². The number of aromatic nitrogens is 1. The molecule has 1 amide bonds. The lowest BCUT2D eigenvalue weighted by Gasteiger charge is -2.09. The van der Waals surface area contributed by atoms with Crippen molar-refractivity contribution in [3.63, 3.8) is 0 Å². The standard InChI is InChI=1S/C15H14FN3O5/c16-10-2-4-12(5-3-10)24-7-1-6-18-9-11(19(22)23)8-13(14(17)20)15(18)21/h2-5,8-9H,1,6-7H2,(H2,17,20). The summed E-state index contributed by atoms with van der Waals surface area (Å²) in [7, 11) is 0. The lowest BCUT2D eigenvalue weighted by molar-refractivity contribution is -0.385. The van der Waals surface area contributed by atoms with Gasteiger partial charge in [0, 0.05) is 12.6 Å². The molecule has 8 nitrogen and oxygen atoms in total. The fourth-order valence-corrected chi connectivity index (χ4v) is 2.02. The molecule has 1 aromatic heterocycles. The van der Waals surface area contributed by atoms with Crippen molar-refractivity contribution in [2.75, 3.05) is 6.61 Å². The summed E-state index contributed by atoms with van der Waals surface area (Å²) < 4.78 is 19.2. The minimum absolute atomic E-state index is 0.0992. The fraction of sp³-hybridized carbons (Fsp3) is 0.200. The number of hydrogen-bond donors (Lipinski definition) is 1. The molecule has 0 bridgehead atoms. The Balaban J connectivity index is 2.06. The first-order chi connectivity index (χ1) is 11.4. The number of primary amides is 1. The van der Waals surface area contributed by atoms with Crippen LogP contribution < -0.4 is 16.0 Å². The molecule has 0 unspecified atom stereocenters. The lowest BCUT2D eigenvalue weighted by Crippen LogP contribution is -2.30. The molecule has 0 radical (unpaired) electrons. The molecule has 2 rings (SSSR count). The van der Waals surface area contributed by atoms with Gasteiger partial charge >= 0.3 is 0 Å². The normalized spacial score (nSPS) is 10.4. The molecule has 0 fully saturated rings. The van der Waals surface area contributed by atoms with Gasteiger partial charge in [0.05, 0.1) is 17.7 Å². The van der Waals surface area contributed by atoms with E-state index in [-0.39, 0.29) is 19.0 Å². The van der Waals surface area contributed by atoms with Gasteiger partial charge in [0.25, 0.3) is 17.2 Å². The highest BCUT2D eigenvalue weighted by Gasteiger charge is 2.17. The summed E-state index contributed by atoms with van der Waals surface area (Å²) in [6, 6.07) is 6.27. The summed E-state index contributed by atoms with van der Waals surface area (Å²) >= 11 is 0. The average molecular weight is 335 g/mol. The number of pyridine rings is 1. The molecule has 126 valence electrons. The Bertz CT molecular complexity index is 817. The van der Waals surface area contributed by atoms with E-state index in [9.17, 15) is 24.1 Å². The zero-order valence-electron chi connectivity index (χ0n) is 12.5. The van der Waals surface area contributed by atoms with Gasteiger partial charge in [-0.1, -0.05) is 0 Å². The van der Waals surface area contributed by atoms with Crippen LogP contribution in [0, 0.1) is 15.9 Å². The van der Waals surface area contributed by atoms with Crippen LogP contribution in [0.3, 0.4) is 0 Å². The smallest absolute Gasteiger partial charge is 0.286 e. The second-order valence-corrected chi connectivity index (χ2v) is 4.89. The second-order valence-electron chi connectivity index (χ2n) is 4.89. The summed E-state index contributed by atoms with van der Waals surface area (Å²) in [5.41, 5.74) is 3.52. The lowest BCUT2D eigenvalue weighted by atomic mass is 10.2. The minimum atomic E-state index is -1.03. The number of nitro groups is 1. The monoisotopic (exact) mass is 335 g/mol. The van der Waals surface area contributed by atoms with Crippen molar-refractivity contribution in [3.05, 3.63) is 68.4 Å². The summed E-state index contributed by atoms with van der Waals surface area (Å²) in [6.07, 6.45) is 1.39. The molecule has 2 aromatic rings. The van der Waals surface area contributed by atoms with Crippen LogP contribution in [0.15, 0.2) is 41.3 Å². The van der Waals surface area contributed by atoms with Crippen LogP contribution in [0.25, 0.3) is 0 Å².